The molecule has 0 amide bonds. The van der Waals surface area contributed by atoms with Crippen LogP contribution in [0.2, 0.25) is 0 Å². The molecule has 0 aliphatic carbocycles. The van der Waals surface area contributed by atoms with Crippen LogP contribution in [0, 0.1) is 0 Å². The van der Waals surface area contributed by atoms with E-state index in [9.17, 15) is 0 Å². The van der Waals surface area contributed by atoms with Crippen LogP contribution in [0.1, 0.15) is 33.9 Å². The molecule has 7 rings (SSSR count). The molecular weight excluding hydrogens is 440 g/mol. The summed E-state index contributed by atoms with van der Waals surface area (Å²) in [6, 6.07) is 38.1. The molecule has 6 aromatic rings. The molecule has 172 valence electrons. The molecule has 2 aromatic carbocycles. The zero-order valence-corrected chi connectivity index (χ0v) is 19.5. The van der Waals surface area contributed by atoms with Gasteiger partial charge in [-0.3, -0.25) is 0 Å². The summed E-state index contributed by atoms with van der Waals surface area (Å²) in [6.07, 6.45) is 4.30. The summed E-state index contributed by atoms with van der Waals surface area (Å²) in [7, 11) is 0. The normalized spacial score (nSPS) is 12.8. The second kappa shape index (κ2) is 8.36. The van der Waals surface area contributed by atoms with Crippen LogP contribution in [0.3, 0.4) is 0 Å². The lowest BCUT2D eigenvalue weighted by Crippen LogP contribution is -2.15. The smallest absolute Gasteiger partial charge is 0.0485 e. The van der Waals surface area contributed by atoms with Crippen LogP contribution in [0.25, 0.3) is 23.3 Å². The topological polar surface area (TPSA) is 63.2 Å². The average Bonchev–Trinajstić information content (AvgIpc) is 3.72. The largest absolute Gasteiger partial charge is 0.355 e. The fraction of sp³-hybridized carbons (Fsp3) is 0. The van der Waals surface area contributed by atoms with E-state index < -0.39 is 0 Å². The highest BCUT2D eigenvalue weighted by Gasteiger charge is 2.11. The monoisotopic (exact) mass is 464 g/mol. The van der Waals surface area contributed by atoms with Gasteiger partial charge in [0.25, 0.3) is 0 Å². The number of hydrogen-bond acceptors (Lipinski definition) is 0. The van der Waals surface area contributed by atoms with Gasteiger partial charge in [0, 0.05) is 55.3 Å². The summed E-state index contributed by atoms with van der Waals surface area (Å²) < 4.78 is 0. The van der Waals surface area contributed by atoms with E-state index in [0.29, 0.717) is 0 Å². The van der Waals surface area contributed by atoms with Gasteiger partial charge in [-0.2, -0.15) is 0 Å². The Kier molecular flexibility index (Phi) is 4.74. The van der Waals surface area contributed by atoms with Crippen molar-refractivity contribution in [2.24, 2.45) is 0 Å². The van der Waals surface area contributed by atoms with Gasteiger partial charge in [-0.1, -0.05) is 60.7 Å². The van der Waals surface area contributed by atoms with Crippen molar-refractivity contribution in [3.63, 3.8) is 0 Å². The second-order valence-electron chi connectivity index (χ2n) is 9.08. The molecule has 5 heterocycles. The third-order valence-corrected chi connectivity index (χ3v) is 6.66. The van der Waals surface area contributed by atoms with Crippen molar-refractivity contribution < 1.29 is 0 Å². The molecule has 4 aromatic heterocycles. The average molecular weight is 465 g/mol. The first-order valence-corrected chi connectivity index (χ1v) is 12.1. The maximum absolute atomic E-state index is 3.63. The van der Waals surface area contributed by atoms with Gasteiger partial charge in [0.05, 0.1) is 0 Å². The van der Waals surface area contributed by atoms with Gasteiger partial charge in [-0.25, -0.2) is 0 Å². The van der Waals surface area contributed by atoms with Gasteiger partial charge in [-0.05, 0) is 71.8 Å². The number of benzene rings is 2. The van der Waals surface area contributed by atoms with E-state index in [0.717, 1.165) is 66.4 Å². The molecule has 1 aliphatic heterocycles. The van der Waals surface area contributed by atoms with Crippen LogP contribution in [-0.2, 0) is 0 Å². The van der Waals surface area contributed by atoms with Gasteiger partial charge < -0.3 is 19.9 Å². The van der Waals surface area contributed by atoms with E-state index in [1.54, 1.807) is 0 Å². The highest BCUT2D eigenvalue weighted by molar-refractivity contribution is 5.79. The maximum atomic E-state index is 3.63. The minimum atomic E-state index is 1.04. The predicted octanol–water partition coefficient (Wildman–Crippen LogP) is 3.46. The molecule has 1 aliphatic rings. The molecule has 36 heavy (non-hydrogen) atoms. The van der Waals surface area contributed by atoms with Crippen molar-refractivity contribution in [2.75, 3.05) is 0 Å². The second-order valence-corrected chi connectivity index (χ2v) is 9.08. The van der Waals surface area contributed by atoms with Crippen LogP contribution >= 0.6 is 0 Å². The van der Waals surface area contributed by atoms with Crippen molar-refractivity contribution in [3.8, 4) is 0 Å². The zero-order chi connectivity index (χ0) is 23.9. The number of aromatic amines is 4. The fourth-order valence-electron chi connectivity index (χ4n) is 5.02. The molecule has 0 radical (unpaired) electrons. The molecule has 0 fully saturated rings. The van der Waals surface area contributed by atoms with Gasteiger partial charge in [0.2, 0.25) is 0 Å². The molecule has 0 atom stereocenters. The van der Waals surface area contributed by atoms with Crippen LogP contribution in [0.5, 0.6) is 0 Å². The van der Waals surface area contributed by atoms with Crippen LogP contribution in [0.4, 0.5) is 0 Å². The Hall–Kier alpha value is -4.96. The molecule has 0 spiro atoms. The molecule has 4 N–H and O–H groups in total. The van der Waals surface area contributed by atoms with Gasteiger partial charge in [0.15, 0.2) is 0 Å². The summed E-state index contributed by atoms with van der Waals surface area (Å²) in [4.78, 5) is 14.5. The Balaban J connectivity index is 1.54. The SMILES string of the molecule is C1=c2ccc([nH]2)=C(c2ccccc2)c2ccc([nH]2)C=c2ccc([nH]2)=C(c2ccccc2)c2ccc1[nH]2. The summed E-state index contributed by atoms with van der Waals surface area (Å²) in [5, 5.41) is 4.22. The summed E-state index contributed by atoms with van der Waals surface area (Å²) in [6.45, 7) is 0. The van der Waals surface area contributed by atoms with E-state index in [4.69, 9.17) is 0 Å². The number of rotatable bonds is 2. The Bertz CT molecular complexity index is 1780. The maximum Gasteiger partial charge on any atom is 0.0485 e. The molecular formula is C32H24N4. The van der Waals surface area contributed by atoms with Crippen molar-refractivity contribution in [1.29, 1.82) is 0 Å². The van der Waals surface area contributed by atoms with Crippen LogP contribution in [-0.4, -0.2) is 19.9 Å². The molecule has 8 bridgehead atoms. The molecule has 4 nitrogen and oxygen atoms in total. The van der Waals surface area contributed by atoms with Gasteiger partial charge in [-0.15, -0.1) is 0 Å². The Labute approximate surface area is 207 Å². The number of H-pyrrole nitrogens is 4. The fourth-order valence-corrected chi connectivity index (χ4v) is 5.02. The Morgan fingerprint density at radius 2 is 0.806 bits per heavy atom. The number of hydrogen-bond donors (Lipinski definition) is 4. The minimum Gasteiger partial charge on any atom is -0.355 e. The molecule has 0 unspecified atom stereocenters. The van der Waals surface area contributed by atoms with E-state index in [-0.39, 0.29) is 0 Å². The van der Waals surface area contributed by atoms with Gasteiger partial charge in [0.1, 0.15) is 0 Å². The lowest BCUT2D eigenvalue weighted by molar-refractivity contribution is 1.21. The van der Waals surface area contributed by atoms with Crippen LogP contribution < -0.4 is 21.4 Å². The first-order valence-electron chi connectivity index (χ1n) is 12.1. The van der Waals surface area contributed by atoms with Gasteiger partial charge >= 0.3 is 0 Å². The summed E-state index contributed by atoms with van der Waals surface area (Å²) >= 11 is 0. The molecule has 0 saturated carbocycles. The van der Waals surface area contributed by atoms with Crippen molar-refractivity contribution in [2.45, 2.75) is 0 Å². The summed E-state index contributed by atoms with van der Waals surface area (Å²) in [5.41, 5.74) is 8.82. The number of aromatic nitrogens is 4. The first-order chi connectivity index (χ1) is 17.8. The van der Waals surface area contributed by atoms with Crippen LogP contribution in [0.15, 0.2) is 109 Å². The van der Waals surface area contributed by atoms with E-state index in [2.05, 4.69) is 129 Å². The third kappa shape index (κ3) is 3.65. The summed E-state index contributed by atoms with van der Waals surface area (Å²) in [5.74, 6) is 0. The van der Waals surface area contributed by atoms with Crippen molar-refractivity contribution in [3.05, 3.63) is 164 Å². The Morgan fingerprint density at radius 1 is 0.361 bits per heavy atom. The highest BCUT2D eigenvalue weighted by Crippen LogP contribution is 2.21. The minimum absolute atomic E-state index is 1.04. The van der Waals surface area contributed by atoms with E-state index in [1.165, 1.54) is 0 Å². The Morgan fingerprint density at radius 3 is 1.25 bits per heavy atom. The lowest BCUT2D eigenvalue weighted by atomic mass is 10.0. The van der Waals surface area contributed by atoms with E-state index >= 15 is 0 Å². The lowest BCUT2D eigenvalue weighted by Gasteiger charge is -2.06. The molecule has 0 saturated heterocycles. The first kappa shape index (κ1) is 20.4. The number of nitrogens with one attached hydrogen (secondary N) is 4. The number of fused-ring (bicyclic) bond motifs is 8. The molecule has 4 heteroatoms. The predicted molar refractivity (Wildman–Crippen MR) is 145 cm³/mol. The third-order valence-electron chi connectivity index (χ3n) is 6.66. The van der Waals surface area contributed by atoms with Crippen molar-refractivity contribution >= 4 is 23.3 Å². The highest BCUT2D eigenvalue weighted by atomic mass is 14.8. The quantitative estimate of drug-likeness (QED) is 0.303. The zero-order valence-electron chi connectivity index (χ0n) is 19.5. The standard InChI is InChI=1S/C32H24N4/c1-3-7-21(8-4-1)31-27-15-11-23(33-27)19-25-13-17-29(35-25)32(22-9-5-2-6-10-22)30-18-14-26(36-30)20-24-12-16-28(31)34-24/h1-20,33-36H. The van der Waals surface area contributed by atoms with E-state index in [1.807, 2.05) is 12.1 Å². The van der Waals surface area contributed by atoms with Crippen molar-refractivity contribution in [1.82, 2.24) is 19.9 Å².